The van der Waals surface area contributed by atoms with Gasteiger partial charge in [0, 0.05) is 43.5 Å². The van der Waals surface area contributed by atoms with Gasteiger partial charge in [-0.2, -0.15) is 5.10 Å². The number of nitrogens with one attached hydrogen (secondary N) is 2. The van der Waals surface area contributed by atoms with E-state index in [1.54, 1.807) is 16.8 Å². The lowest BCUT2D eigenvalue weighted by Crippen LogP contribution is -2.29. The molecule has 1 aliphatic carbocycles. The molecular weight excluding hydrogens is 330 g/mol. The summed E-state index contributed by atoms with van der Waals surface area (Å²) < 4.78 is 0. The van der Waals surface area contributed by atoms with E-state index in [0.29, 0.717) is 18.3 Å². The summed E-state index contributed by atoms with van der Waals surface area (Å²) in [6, 6.07) is 9.54. The Morgan fingerprint density at radius 1 is 1.27 bits per heavy atom. The molecule has 1 saturated heterocycles. The Labute approximate surface area is 152 Å². The zero-order valence-corrected chi connectivity index (χ0v) is 15.0. The van der Waals surface area contributed by atoms with Gasteiger partial charge in [0.25, 0.3) is 0 Å². The summed E-state index contributed by atoms with van der Waals surface area (Å²) in [5.41, 5.74) is 2.86. The smallest absolute Gasteiger partial charge is 0.324 e. The molecule has 3 amide bonds. The Morgan fingerprint density at radius 3 is 2.62 bits per heavy atom. The van der Waals surface area contributed by atoms with Crippen LogP contribution in [0.4, 0.5) is 16.3 Å². The number of rotatable bonds is 5. The quantitative estimate of drug-likeness (QED) is 0.867. The van der Waals surface area contributed by atoms with Gasteiger partial charge in [-0.05, 0) is 37.5 Å². The normalized spacial score (nSPS) is 18.3. The third-order valence-corrected chi connectivity index (χ3v) is 5.18. The number of carbonyl (C=O) groups is 2. The third-order valence-electron chi connectivity index (χ3n) is 5.18. The van der Waals surface area contributed by atoms with E-state index in [2.05, 4.69) is 15.5 Å². The van der Waals surface area contributed by atoms with Crippen LogP contribution in [0.15, 0.2) is 30.3 Å². The minimum atomic E-state index is -0.304. The average molecular weight is 353 g/mol. The van der Waals surface area contributed by atoms with Crippen LogP contribution in [0.5, 0.6) is 0 Å². The molecule has 26 heavy (non-hydrogen) atoms. The summed E-state index contributed by atoms with van der Waals surface area (Å²) in [7, 11) is 1.80. The van der Waals surface area contributed by atoms with Crippen molar-refractivity contribution in [3.63, 3.8) is 0 Å². The van der Waals surface area contributed by atoms with Gasteiger partial charge in [0.2, 0.25) is 5.91 Å². The van der Waals surface area contributed by atoms with Gasteiger partial charge >= 0.3 is 6.03 Å². The maximum absolute atomic E-state index is 12.5. The number of anilines is 2. The van der Waals surface area contributed by atoms with Crippen molar-refractivity contribution in [2.24, 2.45) is 0 Å². The number of hydrogen-bond donors (Lipinski definition) is 2. The van der Waals surface area contributed by atoms with E-state index in [4.69, 9.17) is 0 Å². The summed E-state index contributed by atoms with van der Waals surface area (Å²) >= 11 is 0. The van der Waals surface area contributed by atoms with Crippen molar-refractivity contribution in [2.75, 3.05) is 30.4 Å². The highest BCUT2D eigenvalue weighted by atomic mass is 16.2. The Kier molecular flexibility index (Phi) is 4.14. The first-order valence-corrected chi connectivity index (χ1v) is 9.01. The lowest BCUT2D eigenvalue weighted by atomic mass is 10.00. The monoisotopic (exact) mass is 353 g/mol. The van der Waals surface area contributed by atoms with Gasteiger partial charge in [0.15, 0.2) is 5.82 Å². The molecule has 7 nitrogen and oxygen atoms in total. The van der Waals surface area contributed by atoms with Crippen molar-refractivity contribution in [3.8, 4) is 0 Å². The van der Waals surface area contributed by atoms with Gasteiger partial charge in [-0.1, -0.05) is 12.1 Å². The molecule has 0 unspecified atom stereocenters. The highest BCUT2D eigenvalue weighted by Gasteiger charge is 2.27. The van der Waals surface area contributed by atoms with Crippen LogP contribution in [-0.4, -0.2) is 47.2 Å². The van der Waals surface area contributed by atoms with Crippen molar-refractivity contribution >= 4 is 23.4 Å². The second-order valence-corrected chi connectivity index (χ2v) is 7.14. The van der Waals surface area contributed by atoms with Crippen LogP contribution in [0.25, 0.3) is 0 Å². The first-order valence-electron chi connectivity index (χ1n) is 9.01. The standard InChI is InChI=1S/C19H23N5O2/c1-12(18(25)20-17-11-16(21-22-17)14-3-4-14)13-5-7-15(8-6-13)24-10-9-23(2)19(24)26/h5-8,11-12,14H,3-4,9-10H2,1-2H3,(H2,20,21,22,25)/t12-/m0/s1. The number of nitrogens with zero attached hydrogens (tertiary/aromatic N) is 3. The number of benzene rings is 1. The molecule has 4 rings (SSSR count). The molecule has 1 atom stereocenters. The number of H-pyrrole nitrogens is 1. The largest absolute Gasteiger partial charge is 0.326 e. The predicted molar refractivity (Wildman–Crippen MR) is 99.4 cm³/mol. The highest BCUT2D eigenvalue weighted by molar-refractivity contribution is 5.96. The predicted octanol–water partition coefficient (Wildman–Crippen LogP) is 2.90. The summed E-state index contributed by atoms with van der Waals surface area (Å²) in [5.74, 6) is 0.752. The number of aromatic amines is 1. The fraction of sp³-hybridized carbons (Fsp3) is 0.421. The van der Waals surface area contributed by atoms with Crippen LogP contribution in [0.3, 0.4) is 0 Å². The lowest BCUT2D eigenvalue weighted by molar-refractivity contribution is -0.117. The molecule has 1 aromatic heterocycles. The van der Waals surface area contributed by atoms with Crippen molar-refractivity contribution < 1.29 is 9.59 Å². The van der Waals surface area contributed by atoms with E-state index in [1.165, 1.54) is 12.8 Å². The Balaban J connectivity index is 1.41. The number of amides is 3. The SMILES string of the molecule is C[C@H](C(=O)Nc1cc(C2CC2)[nH]n1)c1ccc(N2CCN(C)C2=O)cc1. The van der Waals surface area contributed by atoms with Crippen molar-refractivity contribution in [1.82, 2.24) is 15.1 Å². The van der Waals surface area contributed by atoms with Crippen LogP contribution in [-0.2, 0) is 4.79 Å². The van der Waals surface area contributed by atoms with E-state index >= 15 is 0 Å². The maximum atomic E-state index is 12.5. The topological polar surface area (TPSA) is 81.3 Å². The van der Waals surface area contributed by atoms with Crippen molar-refractivity contribution in [2.45, 2.75) is 31.6 Å². The van der Waals surface area contributed by atoms with Crippen LogP contribution < -0.4 is 10.2 Å². The minimum Gasteiger partial charge on any atom is -0.326 e. The number of carbonyl (C=O) groups excluding carboxylic acids is 2. The molecule has 2 N–H and O–H groups in total. The van der Waals surface area contributed by atoms with E-state index in [1.807, 2.05) is 37.3 Å². The molecule has 0 radical (unpaired) electrons. The maximum Gasteiger partial charge on any atom is 0.324 e. The van der Waals surface area contributed by atoms with E-state index in [9.17, 15) is 9.59 Å². The summed E-state index contributed by atoms with van der Waals surface area (Å²) in [6.45, 7) is 3.28. The van der Waals surface area contributed by atoms with Gasteiger partial charge in [-0.3, -0.25) is 14.8 Å². The molecule has 2 fully saturated rings. The van der Waals surface area contributed by atoms with Crippen molar-refractivity contribution in [1.29, 1.82) is 0 Å². The molecule has 136 valence electrons. The molecule has 1 aliphatic heterocycles. The van der Waals surface area contributed by atoms with E-state index < -0.39 is 0 Å². The summed E-state index contributed by atoms with van der Waals surface area (Å²) in [5, 5.41) is 10.0. The summed E-state index contributed by atoms with van der Waals surface area (Å²) in [4.78, 5) is 28.0. The molecule has 2 heterocycles. The molecule has 7 heteroatoms. The van der Waals surface area contributed by atoms with Gasteiger partial charge in [-0.25, -0.2) is 4.79 Å². The van der Waals surface area contributed by atoms with E-state index in [0.717, 1.165) is 23.5 Å². The molecule has 1 aromatic carbocycles. The van der Waals surface area contributed by atoms with Crippen LogP contribution in [0, 0.1) is 0 Å². The first-order chi connectivity index (χ1) is 12.5. The van der Waals surface area contributed by atoms with Gasteiger partial charge < -0.3 is 10.2 Å². The fourth-order valence-corrected chi connectivity index (χ4v) is 3.22. The van der Waals surface area contributed by atoms with Crippen molar-refractivity contribution in [3.05, 3.63) is 41.6 Å². The van der Waals surface area contributed by atoms with E-state index in [-0.39, 0.29) is 17.9 Å². The number of hydrogen-bond acceptors (Lipinski definition) is 3. The Bertz CT molecular complexity index is 825. The second kappa shape index (κ2) is 6.48. The van der Waals surface area contributed by atoms with Crippen LogP contribution in [0.1, 0.15) is 42.9 Å². The van der Waals surface area contributed by atoms with Crippen LogP contribution in [0.2, 0.25) is 0 Å². The second-order valence-electron chi connectivity index (χ2n) is 7.14. The zero-order chi connectivity index (χ0) is 18.3. The first kappa shape index (κ1) is 16.6. The fourth-order valence-electron chi connectivity index (χ4n) is 3.22. The minimum absolute atomic E-state index is 0.00791. The summed E-state index contributed by atoms with van der Waals surface area (Å²) in [6.07, 6.45) is 2.38. The highest BCUT2D eigenvalue weighted by Crippen LogP contribution is 2.39. The molecule has 0 bridgehead atoms. The Hall–Kier alpha value is -2.83. The molecule has 1 saturated carbocycles. The molecule has 2 aromatic rings. The van der Waals surface area contributed by atoms with Gasteiger partial charge in [-0.15, -0.1) is 0 Å². The van der Waals surface area contributed by atoms with Crippen LogP contribution >= 0.6 is 0 Å². The number of aromatic nitrogens is 2. The average Bonchev–Trinajstić information content (AvgIpc) is 3.31. The third kappa shape index (κ3) is 3.16. The van der Waals surface area contributed by atoms with Gasteiger partial charge in [0.1, 0.15) is 0 Å². The molecule has 0 spiro atoms. The molecule has 2 aliphatic rings. The number of urea groups is 1. The zero-order valence-electron chi connectivity index (χ0n) is 15.0. The Morgan fingerprint density at radius 2 is 2.00 bits per heavy atom. The number of likely N-dealkylation sites (N-methyl/N-ethyl adjacent to an activating group) is 1. The molecular formula is C19H23N5O2. The van der Waals surface area contributed by atoms with Gasteiger partial charge in [0.05, 0.1) is 5.92 Å². The lowest BCUT2D eigenvalue weighted by Gasteiger charge is -2.17.